The minimum absolute atomic E-state index is 0.211. The van der Waals surface area contributed by atoms with Crippen molar-refractivity contribution in [3.8, 4) is 0 Å². The van der Waals surface area contributed by atoms with Crippen LogP contribution in [0, 0.1) is 0 Å². The Hall–Kier alpha value is -2.30. The van der Waals surface area contributed by atoms with Crippen LogP contribution in [-0.2, 0) is 11.3 Å². The normalized spacial score (nSPS) is 14.7. The molecule has 0 unspecified atom stereocenters. The van der Waals surface area contributed by atoms with Crippen LogP contribution in [0.4, 0.5) is 10.5 Å². The molecule has 1 aliphatic heterocycles. The highest BCUT2D eigenvalue weighted by Crippen LogP contribution is 2.17. The third kappa shape index (κ3) is 4.63. The molecule has 112 valence electrons. The summed E-state index contributed by atoms with van der Waals surface area (Å²) < 4.78 is 0. The molecule has 1 aliphatic rings. The van der Waals surface area contributed by atoms with Gasteiger partial charge in [-0.15, -0.1) is 6.58 Å². The Bertz CT molecular complexity index is 528. The second-order valence-electron chi connectivity index (χ2n) is 5.10. The van der Waals surface area contributed by atoms with Gasteiger partial charge in [0.1, 0.15) is 0 Å². The van der Waals surface area contributed by atoms with Crippen LogP contribution >= 0.6 is 0 Å². The smallest absolute Gasteiger partial charge is 0.319 e. The Morgan fingerprint density at radius 2 is 2.24 bits per heavy atom. The van der Waals surface area contributed by atoms with E-state index in [4.69, 9.17) is 0 Å². The molecular weight excluding hydrogens is 266 g/mol. The summed E-state index contributed by atoms with van der Waals surface area (Å²) in [5, 5.41) is 5.42. The lowest BCUT2D eigenvalue weighted by atomic mass is 10.1. The third-order valence-electron chi connectivity index (χ3n) is 3.39. The molecule has 0 aliphatic carbocycles. The molecule has 21 heavy (non-hydrogen) atoms. The first kappa shape index (κ1) is 15.1. The highest BCUT2D eigenvalue weighted by atomic mass is 16.2. The number of carbonyl (C=O) groups is 2. The van der Waals surface area contributed by atoms with Gasteiger partial charge in [0.25, 0.3) is 0 Å². The number of nitrogens with one attached hydrogen (secondary N) is 2. The predicted octanol–water partition coefficient (Wildman–Crippen LogP) is 2.51. The number of nitrogens with zero attached hydrogens (tertiary/aromatic N) is 1. The van der Waals surface area contributed by atoms with Crippen molar-refractivity contribution < 1.29 is 9.59 Å². The Kier molecular flexibility index (Phi) is 5.37. The molecule has 3 amide bonds. The largest absolute Gasteiger partial charge is 0.338 e. The number of rotatable bonds is 5. The molecule has 0 bridgehead atoms. The molecule has 2 rings (SSSR count). The van der Waals surface area contributed by atoms with E-state index >= 15 is 0 Å². The summed E-state index contributed by atoms with van der Waals surface area (Å²) in [5.74, 6) is 0.211. The number of carbonyl (C=O) groups excluding carboxylic acids is 2. The molecule has 0 aromatic heterocycles. The van der Waals surface area contributed by atoms with Crippen molar-refractivity contribution in [2.75, 3.05) is 18.4 Å². The minimum atomic E-state index is -0.263. The molecule has 1 heterocycles. The van der Waals surface area contributed by atoms with Crippen molar-refractivity contribution >= 4 is 17.6 Å². The molecule has 1 fully saturated rings. The highest BCUT2D eigenvalue weighted by molar-refractivity contribution is 5.89. The number of amides is 3. The number of piperidine rings is 1. The lowest BCUT2D eigenvalue weighted by molar-refractivity contribution is -0.133. The Labute approximate surface area is 125 Å². The van der Waals surface area contributed by atoms with Crippen molar-refractivity contribution in [2.45, 2.75) is 25.8 Å². The van der Waals surface area contributed by atoms with E-state index < -0.39 is 0 Å². The maximum Gasteiger partial charge on any atom is 0.319 e. The average Bonchev–Trinajstić information content (AvgIpc) is 2.48. The predicted molar refractivity (Wildman–Crippen MR) is 82.9 cm³/mol. The quantitative estimate of drug-likeness (QED) is 0.817. The van der Waals surface area contributed by atoms with Crippen LogP contribution in [0.15, 0.2) is 36.9 Å². The van der Waals surface area contributed by atoms with Crippen molar-refractivity contribution in [1.29, 1.82) is 0 Å². The maximum absolute atomic E-state index is 11.8. The molecule has 0 saturated carbocycles. The molecular formula is C16H21N3O2. The maximum atomic E-state index is 11.8. The Balaban J connectivity index is 1.95. The van der Waals surface area contributed by atoms with Crippen LogP contribution in [-0.4, -0.2) is 29.9 Å². The molecule has 0 radical (unpaired) electrons. The fraction of sp³-hybridized carbons (Fsp3) is 0.375. The topological polar surface area (TPSA) is 61.4 Å². The number of hydrogen-bond donors (Lipinski definition) is 2. The fourth-order valence-electron chi connectivity index (χ4n) is 2.34. The number of likely N-dealkylation sites (tertiary alicyclic amines) is 1. The molecule has 0 atom stereocenters. The van der Waals surface area contributed by atoms with Gasteiger partial charge in [-0.3, -0.25) is 4.79 Å². The van der Waals surface area contributed by atoms with Crippen LogP contribution < -0.4 is 10.6 Å². The second-order valence-corrected chi connectivity index (χ2v) is 5.10. The summed E-state index contributed by atoms with van der Waals surface area (Å²) in [7, 11) is 0. The molecule has 2 N–H and O–H groups in total. The zero-order chi connectivity index (χ0) is 15.1. The SMILES string of the molecule is C=CCNC(=O)Nc1cccc(CN2CCCCC2=O)c1. The van der Waals surface area contributed by atoms with Crippen molar-refractivity contribution in [1.82, 2.24) is 10.2 Å². The summed E-state index contributed by atoms with van der Waals surface area (Å²) in [6.07, 6.45) is 4.31. The Morgan fingerprint density at radius 3 is 3.00 bits per heavy atom. The summed E-state index contributed by atoms with van der Waals surface area (Å²) in [4.78, 5) is 25.3. The molecule has 1 aromatic carbocycles. The zero-order valence-electron chi connectivity index (χ0n) is 12.1. The molecule has 1 saturated heterocycles. The van der Waals surface area contributed by atoms with Gasteiger partial charge in [-0.2, -0.15) is 0 Å². The molecule has 5 nitrogen and oxygen atoms in total. The van der Waals surface area contributed by atoms with Crippen molar-refractivity contribution in [3.63, 3.8) is 0 Å². The van der Waals surface area contributed by atoms with Gasteiger partial charge in [0.2, 0.25) is 5.91 Å². The van der Waals surface area contributed by atoms with E-state index in [1.165, 1.54) is 0 Å². The van der Waals surface area contributed by atoms with Crippen LogP contribution in [0.25, 0.3) is 0 Å². The molecule has 5 heteroatoms. The summed E-state index contributed by atoms with van der Waals surface area (Å²) in [6, 6.07) is 7.31. The van der Waals surface area contributed by atoms with Crippen LogP contribution in [0.3, 0.4) is 0 Å². The first-order chi connectivity index (χ1) is 10.2. The molecule has 1 aromatic rings. The standard InChI is InChI=1S/C16H21N3O2/c1-2-9-17-16(21)18-14-7-5-6-13(11-14)12-19-10-4-3-8-15(19)20/h2,5-7,11H,1,3-4,8-10,12H2,(H2,17,18,21). The number of urea groups is 1. The van der Waals surface area contributed by atoms with E-state index in [-0.39, 0.29) is 11.9 Å². The van der Waals surface area contributed by atoms with Gasteiger partial charge >= 0.3 is 6.03 Å². The monoisotopic (exact) mass is 287 g/mol. The zero-order valence-corrected chi connectivity index (χ0v) is 12.1. The summed E-state index contributed by atoms with van der Waals surface area (Å²) in [6.45, 7) is 5.39. The van der Waals surface area contributed by atoms with Gasteiger partial charge in [-0.05, 0) is 30.5 Å². The van der Waals surface area contributed by atoms with E-state index in [9.17, 15) is 9.59 Å². The summed E-state index contributed by atoms with van der Waals surface area (Å²) in [5.41, 5.74) is 1.74. The van der Waals surface area contributed by atoms with E-state index in [0.29, 0.717) is 19.5 Å². The summed E-state index contributed by atoms with van der Waals surface area (Å²) >= 11 is 0. The lowest BCUT2D eigenvalue weighted by Gasteiger charge is -2.26. The lowest BCUT2D eigenvalue weighted by Crippen LogP contribution is -2.34. The fourth-order valence-corrected chi connectivity index (χ4v) is 2.34. The first-order valence-corrected chi connectivity index (χ1v) is 7.21. The average molecular weight is 287 g/mol. The third-order valence-corrected chi connectivity index (χ3v) is 3.39. The van der Waals surface area contributed by atoms with Gasteiger partial charge in [0.05, 0.1) is 0 Å². The van der Waals surface area contributed by atoms with Gasteiger partial charge < -0.3 is 15.5 Å². The number of anilines is 1. The van der Waals surface area contributed by atoms with E-state index in [0.717, 1.165) is 30.6 Å². The van der Waals surface area contributed by atoms with Gasteiger partial charge in [-0.25, -0.2) is 4.79 Å². The van der Waals surface area contributed by atoms with Gasteiger partial charge in [0.15, 0.2) is 0 Å². The van der Waals surface area contributed by atoms with Crippen molar-refractivity contribution in [2.24, 2.45) is 0 Å². The van der Waals surface area contributed by atoms with E-state index in [2.05, 4.69) is 17.2 Å². The molecule has 0 spiro atoms. The first-order valence-electron chi connectivity index (χ1n) is 7.21. The second kappa shape index (κ2) is 7.47. The van der Waals surface area contributed by atoms with Crippen LogP contribution in [0.5, 0.6) is 0 Å². The van der Waals surface area contributed by atoms with Crippen LogP contribution in [0.2, 0.25) is 0 Å². The van der Waals surface area contributed by atoms with Gasteiger partial charge in [-0.1, -0.05) is 18.2 Å². The van der Waals surface area contributed by atoms with E-state index in [1.807, 2.05) is 29.2 Å². The van der Waals surface area contributed by atoms with E-state index in [1.54, 1.807) is 6.08 Å². The van der Waals surface area contributed by atoms with Crippen LogP contribution in [0.1, 0.15) is 24.8 Å². The Morgan fingerprint density at radius 1 is 1.38 bits per heavy atom. The number of hydrogen-bond acceptors (Lipinski definition) is 2. The van der Waals surface area contributed by atoms with Gasteiger partial charge in [0, 0.05) is 31.7 Å². The van der Waals surface area contributed by atoms with Crippen molar-refractivity contribution in [3.05, 3.63) is 42.5 Å². The minimum Gasteiger partial charge on any atom is -0.338 e. The number of benzene rings is 1. The highest BCUT2D eigenvalue weighted by Gasteiger charge is 2.17.